The van der Waals surface area contributed by atoms with Gasteiger partial charge in [-0.2, -0.15) is 0 Å². The first-order chi connectivity index (χ1) is 0. The average molecular weight is 475 g/mol. The van der Waals surface area contributed by atoms with E-state index in [2.05, 4.69) is 0 Å². The summed E-state index contributed by atoms with van der Waals surface area (Å²) >= 11 is 0. The maximum absolute atomic E-state index is 0. The van der Waals surface area contributed by atoms with Crippen LogP contribution in [0.5, 0.6) is 0 Å². The minimum atomic E-state index is 0. The molecule has 0 aromatic carbocycles. The van der Waals surface area contributed by atoms with Gasteiger partial charge >= 0.3 is 67.7 Å². The quantitative estimate of drug-likeness (QED) is 0.319. The van der Waals surface area contributed by atoms with Crippen LogP contribution in [0.15, 0.2) is 0 Å². The molecule has 0 bridgehead atoms. The van der Waals surface area contributed by atoms with Crippen molar-refractivity contribution in [1.82, 2.24) is 0 Å². The van der Waals surface area contributed by atoms with Gasteiger partial charge in [0, 0.05) is 19.5 Å². The second-order valence-electron chi connectivity index (χ2n) is 0. The molecule has 0 unspecified atom stereocenters. The second kappa shape index (κ2) is 16.9. The maximum Gasteiger partial charge on any atom is 0 e. The zero-order valence-corrected chi connectivity index (χ0v) is 14.6. The molecule has 4 heavy (non-hydrogen) atoms. The van der Waals surface area contributed by atoms with Crippen molar-refractivity contribution < 1.29 is 19.5 Å². The molecule has 2 radical (unpaired) electrons. The van der Waals surface area contributed by atoms with Crippen LogP contribution in [0.3, 0.4) is 0 Å². The number of hydrogen-bond acceptors (Lipinski definition) is 0. The molecule has 0 N–H and O–H groups in total. The Labute approximate surface area is 85.7 Å². The summed E-state index contributed by atoms with van der Waals surface area (Å²) in [6, 6.07) is 0. The summed E-state index contributed by atoms with van der Waals surface area (Å²) in [5.41, 5.74) is 0. The van der Waals surface area contributed by atoms with Gasteiger partial charge < -0.3 is 0 Å². The van der Waals surface area contributed by atoms with E-state index < -0.39 is 0 Å². The zero-order chi connectivity index (χ0) is 0. The van der Waals surface area contributed by atoms with E-state index in [1.165, 1.54) is 0 Å². The number of rotatable bonds is 0. The van der Waals surface area contributed by atoms with Gasteiger partial charge in [-0.05, 0) is 0 Å². The van der Waals surface area contributed by atoms with Crippen LogP contribution in [0.2, 0.25) is 0 Å². The van der Waals surface area contributed by atoms with E-state index in [0.717, 1.165) is 0 Å². The summed E-state index contributed by atoms with van der Waals surface area (Å²) in [5.74, 6) is 0. The molecular formula is H9BiGeSnZn. The van der Waals surface area contributed by atoms with E-state index in [0.29, 0.717) is 0 Å². The Balaban J connectivity index is 0. The van der Waals surface area contributed by atoms with Gasteiger partial charge in [0.15, 0.2) is 0 Å². The molecule has 0 nitrogen and oxygen atoms in total. The smallest absolute Gasteiger partial charge is 0 e. The molecule has 0 aromatic heterocycles. The van der Waals surface area contributed by atoms with Gasteiger partial charge in [-0.15, -0.1) is 0 Å². The van der Waals surface area contributed by atoms with E-state index >= 15 is 0 Å². The molecule has 0 rings (SSSR count). The van der Waals surface area contributed by atoms with Crippen molar-refractivity contribution in [2.45, 2.75) is 0 Å². The first kappa shape index (κ1) is 28.9. The number of hydrogen-bond donors (Lipinski definition) is 0. The Morgan fingerprint density at radius 2 is 1.00 bits per heavy atom. The van der Waals surface area contributed by atoms with Crippen LogP contribution in [0.4, 0.5) is 0 Å². The molecule has 0 aliphatic heterocycles. The van der Waals surface area contributed by atoms with Crippen molar-refractivity contribution in [2.75, 3.05) is 0 Å². The van der Waals surface area contributed by atoms with Gasteiger partial charge in [0.1, 0.15) is 0 Å². The molecule has 0 spiro atoms. The SMILES string of the molecule is [BiH3].[GeH4].[SnH2].[Zn]. The van der Waals surface area contributed by atoms with Gasteiger partial charge in [0.25, 0.3) is 0 Å². The Morgan fingerprint density at radius 3 is 1.00 bits per heavy atom. The fraction of sp³-hybridized carbons (Fsp3) is 0. The normalized spacial score (nSPS) is 0. The molecule has 0 aliphatic carbocycles. The van der Waals surface area contributed by atoms with Crippen LogP contribution in [-0.2, 0) is 19.5 Å². The molecule has 0 fully saturated rings. The summed E-state index contributed by atoms with van der Waals surface area (Å²) in [7, 11) is 0. The molecule has 0 amide bonds. The molecule has 0 atom stereocenters. The Morgan fingerprint density at radius 1 is 1.00 bits per heavy atom. The summed E-state index contributed by atoms with van der Waals surface area (Å²) in [6.07, 6.45) is 0. The molecular weight excluding hydrogens is 466 g/mol. The van der Waals surface area contributed by atoms with Crippen LogP contribution in [0.1, 0.15) is 0 Å². The van der Waals surface area contributed by atoms with Crippen LogP contribution in [0.25, 0.3) is 0 Å². The second-order valence-corrected chi connectivity index (χ2v) is 0. The van der Waals surface area contributed by atoms with Crippen molar-refractivity contribution >= 4 is 67.7 Å². The fourth-order valence-electron chi connectivity index (χ4n) is 0. The topological polar surface area (TPSA) is 0 Å². The molecule has 0 saturated carbocycles. The van der Waals surface area contributed by atoms with Gasteiger partial charge in [-0.1, -0.05) is 0 Å². The summed E-state index contributed by atoms with van der Waals surface area (Å²) in [6.45, 7) is 0. The monoisotopic (exact) mass is 476 g/mol. The van der Waals surface area contributed by atoms with E-state index in [1.807, 2.05) is 0 Å². The van der Waals surface area contributed by atoms with Crippen LogP contribution in [-0.4, -0.2) is 67.7 Å². The molecule has 0 aromatic rings. The summed E-state index contributed by atoms with van der Waals surface area (Å²) < 4.78 is 0. The minimum absolute atomic E-state index is 0. The summed E-state index contributed by atoms with van der Waals surface area (Å²) in [5, 5.41) is 0. The zero-order valence-electron chi connectivity index (χ0n) is 2.12. The van der Waals surface area contributed by atoms with E-state index in [9.17, 15) is 0 Å². The molecule has 0 aliphatic rings. The van der Waals surface area contributed by atoms with Crippen LogP contribution < -0.4 is 0 Å². The third kappa shape index (κ3) is 8.85. The Hall–Kier alpha value is 2.85. The first-order valence-electron chi connectivity index (χ1n) is 0. The molecule has 0 saturated heterocycles. The minimum Gasteiger partial charge on any atom is 0 e. The van der Waals surface area contributed by atoms with E-state index in [4.69, 9.17) is 0 Å². The van der Waals surface area contributed by atoms with Crippen molar-refractivity contribution in [3.63, 3.8) is 0 Å². The van der Waals surface area contributed by atoms with Crippen molar-refractivity contribution in [2.24, 2.45) is 0 Å². The fourth-order valence-corrected chi connectivity index (χ4v) is 0. The third-order valence-electron chi connectivity index (χ3n) is 0. The predicted octanol–water partition coefficient (Wildman–Crippen LogP) is -3.55. The average Bonchev–Trinajstić information content (AvgIpc) is 0. The van der Waals surface area contributed by atoms with Gasteiger partial charge in [-0.3, -0.25) is 0 Å². The van der Waals surface area contributed by atoms with Gasteiger partial charge in [-0.25, -0.2) is 0 Å². The first-order valence-corrected chi connectivity index (χ1v) is 0. The van der Waals surface area contributed by atoms with Crippen molar-refractivity contribution in [1.29, 1.82) is 0 Å². The Bertz CT molecular complexity index is 8.00. The van der Waals surface area contributed by atoms with E-state index in [1.54, 1.807) is 0 Å². The molecule has 24 valence electrons. The predicted molar refractivity (Wildman–Crippen MR) is 29.8 cm³/mol. The van der Waals surface area contributed by atoms with Crippen molar-refractivity contribution in [3.05, 3.63) is 0 Å². The van der Waals surface area contributed by atoms with E-state index in [-0.39, 0.29) is 87.2 Å². The largest absolute Gasteiger partial charge is 0 e. The van der Waals surface area contributed by atoms with Gasteiger partial charge in [0.05, 0.1) is 0 Å². The van der Waals surface area contributed by atoms with Gasteiger partial charge in [0.2, 0.25) is 0 Å². The van der Waals surface area contributed by atoms with Crippen molar-refractivity contribution in [3.8, 4) is 0 Å². The van der Waals surface area contributed by atoms with Crippen LogP contribution >= 0.6 is 0 Å². The Kier molecular flexibility index (Phi) is 122. The summed E-state index contributed by atoms with van der Waals surface area (Å²) in [4.78, 5) is 0. The molecule has 0 heterocycles. The standard InChI is InChI=1S/Bi.GeH4.Sn.Zn.5H/h;1H4;;;;;;;. The third-order valence-corrected chi connectivity index (χ3v) is 0. The molecule has 4 heteroatoms. The maximum atomic E-state index is 0. The van der Waals surface area contributed by atoms with Crippen LogP contribution in [0, 0.1) is 0 Å².